The van der Waals surface area contributed by atoms with Crippen molar-refractivity contribution in [3.05, 3.63) is 34.3 Å². The molecule has 1 atom stereocenters. The lowest BCUT2D eigenvalue weighted by atomic mass is 10.1. The molecule has 5 heteroatoms. The van der Waals surface area contributed by atoms with Gasteiger partial charge in [0.05, 0.1) is 17.0 Å². The molecule has 0 saturated heterocycles. The first-order valence-corrected chi connectivity index (χ1v) is 6.61. The highest BCUT2D eigenvalue weighted by Crippen LogP contribution is 2.19. The van der Waals surface area contributed by atoms with Crippen LogP contribution in [0.5, 0.6) is 0 Å². The maximum absolute atomic E-state index is 12.2. The van der Waals surface area contributed by atoms with Crippen LogP contribution >= 0.6 is 11.6 Å². The van der Waals surface area contributed by atoms with E-state index >= 15 is 0 Å². The summed E-state index contributed by atoms with van der Waals surface area (Å²) in [7, 11) is 0. The third-order valence-corrected chi connectivity index (χ3v) is 3.16. The van der Waals surface area contributed by atoms with E-state index in [4.69, 9.17) is 16.7 Å². The molecule has 104 valence electrons. The van der Waals surface area contributed by atoms with Crippen LogP contribution in [0.3, 0.4) is 0 Å². The lowest BCUT2D eigenvalue weighted by molar-refractivity contribution is -0.137. The molecule has 19 heavy (non-hydrogen) atoms. The van der Waals surface area contributed by atoms with Gasteiger partial charge in [-0.05, 0) is 25.0 Å². The number of hydrogen-bond donors (Lipinski definition) is 2. The summed E-state index contributed by atoms with van der Waals surface area (Å²) in [5, 5.41) is 11.9. The summed E-state index contributed by atoms with van der Waals surface area (Å²) >= 11 is 6.01. The van der Waals surface area contributed by atoms with Crippen molar-refractivity contribution in [3.63, 3.8) is 0 Å². The molecule has 0 aliphatic rings. The monoisotopic (exact) mass is 283 g/mol. The predicted octanol–water partition coefficient (Wildman–Crippen LogP) is 3.02. The lowest BCUT2D eigenvalue weighted by Crippen LogP contribution is -2.36. The number of aryl methyl sites for hydroxylation is 1. The average molecular weight is 284 g/mol. The minimum atomic E-state index is -0.922. The van der Waals surface area contributed by atoms with E-state index in [0.29, 0.717) is 17.0 Å². The minimum absolute atomic E-state index is 0.0803. The van der Waals surface area contributed by atoms with Crippen LogP contribution < -0.4 is 5.32 Å². The number of rotatable bonds is 6. The molecule has 1 aromatic carbocycles. The summed E-state index contributed by atoms with van der Waals surface area (Å²) in [5.74, 6) is -1.24. The second-order valence-electron chi connectivity index (χ2n) is 4.49. The molecule has 0 heterocycles. The van der Waals surface area contributed by atoms with Crippen LogP contribution in [0, 0.1) is 6.92 Å². The zero-order chi connectivity index (χ0) is 14.4. The molecule has 0 bridgehead atoms. The first-order chi connectivity index (χ1) is 8.95. The highest BCUT2D eigenvalue weighted by atomic mass is 35.5. The number of carboxylic acids is 1. The number of carboxylic acid groups (broad SMARTS) is 1. The smallest absolute Gasteiger partial charge is 0.305 e. The van der Waals surface area contributed by atoms with Crippen molar-refractivity contribution in [3.8, 4) is 0 Å². The Morgan fingerprint density at radius 1 is 1.42 bits per heavy atom. The van der Waals surface area contributed by atoms with Crippen molar-refractivity contribution in [1.29, 1.82) is 0 Å². The van der Waals surface area contributed by atoms with Crippen LogP contribution in [0.1, 0.15) is 42.1 Å². The van der Waals surface area contributed by atoms with Gasteiger partial charge in [0.15, 0.2) is 0 Å². The number of aliphatic carboxylic acids is 1. The van der Waals surface area contributed by atoms with Gasteiger partial charge >= 0.3 is 5.97 Å². The van der Waals surface area contributed by atoms with Gasteiger partial charge in [0.1, 0.15) is 0 Å². The highest BCUT2D eigenvalue weighted by Gasteiger charge is 2.19. The molecule has 0 aromatic heterocycles. The number of amides is 1. The molecule has 0 aliphatic carbocycles. The quantitative estimate of drug-likeness (QED) is 0.843. The fourth-order valence-electron chi connectivity index (χ4n) is 1.96. The van der Waals surface area contributed by atoms with Crippen molar-refractivity contribution < 1.29 is 14.7 Å². The Bertz CT molecular complexity index is 454. The molecule has 0 radical (unpaired) electrons. The molecule has 1 unspecified atom stereocenters. The first kappa shape index (κ1) is 15.5. The molecule has 0 aliphatic heterocycles. The van der Waals surface area contributed by atoms with Gasteiger partial charge in [0.2, 0.25) is 0 Å². The van der Waals surface area contributed by atoms with Crippen LogP contribution in [0.2, 0.25) is 5.02 Å². The first-order valence-electron chi connectivity index (χ1n) is 6.23. The summed E-state index contributed by atoms with van der Waals surface area (Å²) in [6.45, 7) is 3.74. The van der Waals surface area contributed by atoms with E-state index in [1.807, 2.05) is 6.92 Å². The van der Waals surface area contributed by atoms with Crippen LogP contribution in [0.25, 0.3) is 0 Å². The molecular formula is C14H18ClNO3. The van der Waals surface area contributed by atoms with Crippen molar-refractivity contribution in [1.82, 2.24) is 5.32 Å². The van der Waals surface area contributed by atoms with Crippen LogP contribution in [0.4, 0.5) is 0 Å². The number of carbonyl (C=O) groups is 2. The zero-order valence-corrected chi connectivity index (χ0v) is 11.8. The van der Waals surface area contributed by atoms with Crippen LogP contribution in [-0.2, 0) is 4.79 Å². The van der Waals surface area contributed by atoms with Gasteiger partial charge in [-0.2, -0.15) is 0 Å². The van der Waals surface area contributed by atoms with Crippen molar-refractivity contribution in [2.45, 2.75) is 39.2 Å². The molecule has 2 N–H and O–H groups in total. The van der Waals surface area contributed by atoms with E-state index in [-0.39, 0.29) is 18.4 Å². The van der Waals surface area contributed by atoms with E-state index in [1.165, 1.54) is 0 Å². The topological polar surface area (TPSA) is 66.4 Å². The van der Waals surface area contributed by atoms with E-state index in [2.05, 4.69) is 5.32 Å². The van der Waals surface area contributed by atoms with Gasteiger partial charge < -0.3 is 10.4 Å². The van der Waals surface area contributed by atoms with E-state index in [1.54, 1.807) is 25.1 Å². The molecule has 0 fully saturated rings. The van der Waals surface area contributed by atoms with Crippen molar-refractivity contribution in [2.24, 2.45) is 0 Å². The molecule has 1 rings (SSSR count). The second-order valence-corrected chi connectivity index (χ2v) is 4.90. The molecule has 0 spiro atoms. The largest absolute Gasteiger partial charge is 0.481 e. The SMILES string of the molecule is CCCC(CC(=O)O)NC(=O)c1c(C)cccc1Cl. The predicted molar refractivity (Wildman–Crippen MR) is 74.6 cm³/mol. The lowest BCUT2D eigenvalue weighted by Gasteiger charge is -2.17. The van der Waals surface area contributed by atoms with Crippen LogP contribution in [0.15, 0.2) is 18.2 Å². The molecule has 1 amide bonds. The van der Waals surface area contributed by atoms with E-state index in [9.17, 15) is 9.59 Å². The van der Waals surface area contributed by atoms with Gasteiger partial charge in [0, 0.05) is 6.04 Å². The van der Waals surface area contributed by atoms with E-state index < -0.39 is 5.97 Å². The summed E-state index contributed by atoms with van der Waals surface area (Å²) in [5.41, 5.74) is 1.19. The fourth-order valence-corrected chi connectivity index (χ4v) is 2.27. The Balaban J connectivity index is 2.84. The Labute approximate surface area is 117 Å². The molecular weight excluding hydrogens is 266 g/mol. The third kappa shape index (κ3) is 4.56. The van der Waals surface area contributed by atoms with Crippen LogP contribution in [-0.4, -0.2) is 23.0 Å². The summed E-state index contributed by atoms with van der Waals surface area (Å²) in [6.07, 6.45) is 1.35. The maximum atomic E-state index is 12.2. The zero-order valence-electron chi connectivity index (χ0n) is 11.1. The van der Waals surface area contributed by atoms with Gasteiger partial charge in [-0.3, -0.25) is 9.59 Å². The molecule has 1 aromatic rings. The number of carbonyl (C=O) groups excluding carboxylic acids is 1. The number of halogens is 1. The Morgan fingerprint density at radius 3 is 2.63 bits per heavy atom. The molecule has 0 saturated carbocycles. The van der Waals surface area contributed by atoms with Gasteiger partial charge in [-0.1, -0.05) is 37.1 Å². The Morgan fingerprint density at radius 2 is 2.11 bits per heavy atom. The third-order valence-electron chi connectivity index (χ3n) is 2.84. The van der Waals surface area contributed by atoms with Crippen molar-refractivity contribution in [2.75, 3.05) is 0 Å². The van der Waals surface area contributed by atoms with Gasteiger partial charge in [-0.25, -0.2) is 0 Å². The summed E-state index contributed by atoms with van der Waals surface area (Å²) in [6, 6.07) is 4.85. The number of nitrogens with one attached hydrogen (secondary N) is 1. The molecule has 4 nitrogen and oxygen atoms in total. The van der Waals surface area contributed by atoms with Gasteiger partial charge in [-0.15, -0.1) is 0 Å². The van der Waals surface area contributed by atoms with E-state index in [0.717, 1.165) is 12.0 Å². The average Bonchev–Trinajstić information content (AvgIpc) is 2.27. The van der Waals surface area contributed by atoms with Gasteiger partial charge in [0.25, 0.3) is 5.91 Å². The highest BCUT2D eigenvalue weighted by molar-refractivity contribution is 6.34. The summed E-state index contributed by atoms with van der Waals surface area (Å²) < 4.78 is 0. The Hall–Kier alpha value is -1.55. The normalized spacial score (nSPS) is 11.9. The standard InChI is InChI=1S/C14H18ClNO3/c1-3-5-10(8-12(17)18)16-14(19)13-9(2)6-4-7-11(13)15/h4,6-7,10H,3,5,8H2,1-2H3,(H,16,19)(H,17,18). The fraction of sp³-hybridized carbons (Fsp3) is 0.429. The second kappa shape index (κ2) is 7.14. The maximum Gasteiger partial charge on any atom is 0.305 e. The summed E-state index contributed by atoms with van der Waals surface area (Å²) in [4.78, 5) is 22.9. The number of hydrogen-bond acceptors (Lipinski definition) is 2. The number of benzene rings is 1. The minimum Gasteiger partial charge on any atom is -0.481 e. The Kier molecular flexibility index (Phi) is 5.83. The van der Waals surface area contributed by atoms with Crippen molar-refractivity contribution >= 4 is 23.5 Å².